The van der Waals surface area contributed by atoms with E-state index in [9.17, 15) is 19.8 Å². The molecule has 15 nitrogen and oxygen atoms in total. The maximum atomic E-state index is 11.8. The molecule has 7 aromatic heterocycles. The Morgan fingerprint density at radius 2 is 1.09 bits per heavy atom. The van der Waals surface area contributed by atoms with Crippen LogP contribution in [0.25, 0.3) is 22.1 Å². The number of pyridine rings is 5. The van der Waals surface area contributed by atoms with Crippen molar-refractivity contribution in [3.8, 4) is 11.8 Å². The van der Waals surface area contributed by atoms with Crippen LogP contribution in [0, 0.1) is 20.8 Å². The molecule has 0 unspecified atom stereocenters. The first-order valence-corrected chi connectivity index (χ1v) is 22.8. The normalized spacial score (nSPS) is 10.4. The second kappa shape index (κ2) is 31.7. The van der Waals surface area contributed by atoms with Crippen LogP contribution < -0.4 is 34.2 Å². The number of hydrogen-bond acceptors (Lipinski definition) is 12. The molecule has 7 heterocycles. The van der Waals surface area contributed by atoms with Crippen LogP contribution in [0.15, 0.2) is 102 Å². The number of hydrogen-bond donors (Lipinski definition) is 2. The van der Waals surface area contributed by atoms with Crippen molar-refractivity contribution in [1.29, 1.82) is 0 Å². The number of esters is 1. The zero-order chi connectivity index (χ0) is 51.4. The van der Waals surface area contributed by atoms with Gasteiger partial charge in [-0.25, -0.2) is 34.5 Å². The van der Waals surface area contributed by atoms with E-state index in [1.165, 1.54) is 25.3 Å². The predicted molar refractivity (Wildman–Crippen MR) is 308 cm³/mol. The third-order valence-electron chi connectivity index (χ3n) is 9.63. The van der Waals surface area contributed by atoms with Gasteiger partial charge in [0.15, 0.2) is 0 Å². The van der Waals surface area contributed by atoms with E-state index in [0.29, 0.717) is 16.9 Å². The van der Waals surface area contributed by atoms with Crippen LogP contribution in [0.2, 0.25) is 0 Å². The zero-order valence-electron chi connectivity index (χ0n) is 43.7. The third-order valence-corrected chi connectivity index (χ3v) is 10.5. The first-order valence-electron chi connectivity index (χ1n) is 22.0. The van der Waals surface area contributed by atoms with Gasteiger partial charge in [0.1, 0.15) is 33.1 Å². The minimum atomic E-state index is -0.562. The van der Waals surface area contributed by atoms with Gasteiger partial charge in [-0.2, -0.15) is 0 Å². The molecule has 74 heavy (non-hydrogen) atoms. The Morgan fingerprint density at radius 1 is 0.635 bits per heavy atom. The van der Waals surface area contributed by atoms with Crippen molar-refractivity contribution in [3.63, 3.8) is 0 Å². The number of nitrogens with zero attached hydrogens (tertiary/aromatic N) is 8. The molecule has 1 amide bonds. The van der Waals surface area contributed by atoms with Gasteiger partial charge in [0.25, 0.3) is 0 Å². The van der Waals surface area contributed by atoms with Crippen molar-refractivity contribution >= 4 is 61.7 Å². The van der Waals surface area contributed by atoms with Crippen LogP contribution in [0.5, 0.6) is 11.8 Å². The molecule has 0 saturated carbocycles. The third kappa shape index (κ3) is 20.8. The number of ether oxygens (including phenoxy) is 2. The molecule has 0 aliphatic rings. The van der Waals surface area contributed by atoms with Gasteiger partial charge in [-0.05, 0) is 191 Å². The summed E-state index contributed by atoms with van der Waals surface area (Å²) in [6.45, 7) is 30.0. The van der Waals surface area contributed by atoms with Gasteiger partial charge in [0.05, 0.1) is 14.2 Å². The maximum Gasteiger partial charge on any atom is 1.00 e. The topological polar surface area (TPSA) is 185 Å². The number of methoxy groups -OCH3 is 2. The molecule has 7 rings (SSSR count). The largest absolute Gasteiger partial charge is 1.00 e. The fraction of sp³-hybridized carbons (Fsp3) is 0.456. The zero-order valence-corrected chi connectivity index (χ0v) is 45.3. The maximum absolute atomic E-state index is 11.8. The summed E-state index contributed by atoms with van der Waals surface area (Å²) in [6, 6.07) is 20.6. The monoisotopic (exact) mass is 1080 g/mol. The number of aromatic hydroxyl groups is 1. The molecule has 0 fully saturated rings. The average Bonchev–Trinajstić information content (AvgIpc) is 3.76. The van der Waals surface area contributed by atoms with Gasteiger partial charge in [-0.15, -0.1) is 0 Å². The Hall–Kier alpha value is -5.95. The van der Waals surface area contributed by atoms with Crippen molar-refractivity contribution in [2.75, 3.05) is 24.4 Å². The Bertz CT molecular complexity index is 2750. The van der Waals surface area contributed by atoms with Gasteiger partial charge in [-0.1, -0.05) is 55.3 Å². The van der Waals surface area contributed by atoms with Crippen molar-refractivity contribution in [1.82, 2.24) is 34.1 Å². The summed E-state index contributed by atoms with van der Waals surface area (Å²) < 4.78 is 13.8. The van der Waals surface area contributed by atoms with Crippen molar-refractivity contribution in [2.45, 2.75) is 163 Å². The summed E-state index contributed by atoms with van der Waals surface area (Å²) >= 11 is 3.28. The summed E-state index contributed by atoms with van der Waals surface area (Å²) in [7, 11) is 2.66. The fourth-order valence-corrected chi connectivity index (χ4v) is 6.87. The molecule has 0 aromatic carbocycles. The van der Waals surface area contributed by atoms with Crippen LogP contribution in [-0.4, -0.2) is 76.5 Å². The number of amides is 1. The van der Waals surface area contributed by atoms with E-state index in [2.05, 4.69) is 79.9 Å². The van der Waals surface area contributed by atoms with Crippen molar-refractivity contribution in [3.05, 3.63) is 125 Å². The molecule has 0 radical (unpaired) electrons. The van der Waals surface area contributed by atoms with Crippen LogP contribution in [0.1, 0.15) is 147 Å². The SMILES string of the molecule is C.C.C.C.C.CC(C)(C)n1c([O-])cc2cccnc21.COC(=O)N(c1ncccc1C)C(C)(C)C.COC(=O)c1c(O)n(C(C)(C)C)c2ncccc12.Cc1cccnc1Br.Cc1cccnc1NC(C)(C)C.[Li+]. The fourth-order valence-electron chi connectivity index (χ4n) is 6.62. The quantitative estimate of drug-likeness (QED) is 0.0970. The standard InChI is InChI=1S/C13H16N2O3.C12H18N2O2.C11H14N2O.C10H16N2.C6H6BrN.5CH4.Li/c1-13(2,3)15-10-8(6-5-7-14-10)9(11(15)16)12(17)18-4;1-9-7-6-8-13-10(9)14(11(15)16-5)12(2,3)4;1-11(2,3)13-9(14)7-8-5-4-6-12-10(8)13;1-8-6-5-7-11-9(8)12-10(2,3)4;1-5-3-2-4-8-6(5)7;;;;;;/h5-7,16H,1-4H3;6-8H,1-5H3;4-7,14H,1-3H3;5-7H,1-4H3,(H,11,12);2-4H,1H3;5*1H4;/q;;;;;;;;;;+1/p-1. The van der Waals surface area contributed by atoms with Crippen LogP contribution in [-0.2, 0) is 20.6 Å². The molecular weight excluding hydrogens is 994 g/mol. The van der Waals surface area contributed by atoms with E-state index in [1.807, 2.05) is 119 Å². The number of carbonyl (C=O) groups is 2. The number of anilines is 2. The summed E-state index contributed by atoms with van der Waals surface area (Å²) in [5.74, 6) is 0.967. The average molecular weight is 1080 g/mol. The molecule has 0 aliphatic heterocycles. The molecule has 17 heteroatoms. The molecular formula is C57H89BrLiN9O6. The minimum absolute atomic E-state index is 0. The van der Waals surface area contributed by atoms with Crippen molar-refractivity contribution in [2.24, 2.45) is 0 Å². The predicted octanol–water partition coefficient (Wildman–Crippen LogP) is 11.8. The second-order valence-corrected chi connectivity index (χ2v) is 20.5. The first kappa shape index (κ1) is 74.6. The van der Waals surface area contributed by atoms with E-state index in [0.717, 1.165) is 27.0 Å². The molecule has 0 atom stereocenters. The first-order chi connectivity index (χ1) is 31.5. The number of fused-ring (bicyclic) bond motifs is 2. The van der Waals surface area contributed by atoms with Gasteiger partial charge < -0.3 is 29.6 Å². The molecule has 0 aliphatic carbocycles. The Labute approximate surface area is 465 Å². The molecule has 0 saturated heterocycles. The van der Waals surface area contributed by atoms with E-state index in [-0.39, 0.29) is 95.5 Å². The number of aromatic nitrogens is 7. The summed E-state index contributed by atoms with van der Waals surface area (Å²) in [4.78, 5) is 46.1. The molecule has 7 aromatic rings. The van der Waals surface area contributed by atoms with Gasteiger partial charge in [0.2, 0.25) is 5.88 Å². The van der Waals surface area contributed by atoms with Gasteiger partial charge >= 0.3 is 30.9 Å². The van der Waals surface area contributed by atoms with E-state index in [1.54, 1.807) is 63.2 Å². The Balaban J connectivity index is -0.000000413. The van der Waals surface area contributed by atoms with Crippen molar-refractivity contribution < 1.29 is 48.1 Å². The number of nitrogens with one attached hydrogen (secondary N) is 1. The van der Waals surface area contributed by atoms with Crippen LogP contribution >= 0.6 is 15.9 Å². The number of aryl methyl sites for hydroxylation is 3. The summed E-state index contributed by atoms with van der Waals surface area (Å²) in [6.07, 6.45) is 8.19. The van der Waals surface area contributed by atoms with Crippen LogP contribution in [0.4, 0.5) is 16.4 Å². The Kier molecular flexibility index (Phi) is 31.9. The smallest absolute Gasteiger partial charge is 0.860 e. The van der Waals surface area contributed by atoms with Crippen LogP contribution in [0.3, 0.4) is 0 Å². The van der Waals surface area contributed by atoms with Gasteiger partial charge in [0, 0.05) is 63.9 Å². The summed E-state index contributed by atoms with van der Waals surface area (Å²) in [5, 5.41) is 26.8. The van der Waals surface area contributed by atoms with Gasteiger partial charge in [-0.3, -0.25) is 9.47 Å². The minimum Gasteiger partial charge on any atom is -0.860 e. The number of halogens is 1. The molecule has 406 valence electrons. The molecule has 0 spiro atoms. The second-order valence-electron chi connectivity index (χ2n) is 19.8. The molecule has 2 N–H and O–H groups in total. The summed E-state index contributed by atoms with van der Waals surface area (Å²) in [5.41, 5.74) is 3.92. The Morgan fingerprint density at radius 3 is 1.53 bits per heavy atom. The molecule has 0 bridgehead atoms. The van der Waals surface area contributed by atoms with E-state index < -0.39 is 12.1 Å². The number of rotatable bonds is 3. The van der Waals surface area contributed by atoms with E-state index >= 15 is 0 Å². The number of carbonyl (C=O) groups excluding carboxylic acids is 2. The van der Waals surface area contributed by atoms with E-state index in [4.69, 9.17) is 9.47 Å².